The lowest BCUT2D eigenvalue weighted by molar-refractivity contribution is 0.410. The molecule has 0 aliphatic heterocycles. The second kappa shape index (κ2) is 4.18. The summed E-state index contributed by atoms with van der Waals surface area (Å²) in [5.41, 5.74) is 5.18. The van der Waals surface area contributed by atoms with Crippen LogP contribution in [0.15, 0.2) is 28.8 Å². The molecule has 5 heteroatoms. The van der Waals surface area contributed by atoms with Gasteiger partial charge in [0, 0.05) is 5.92 Å². The first-order valence-electron chi connectivity index (χ1n) is 5.74. The number of nitrogens with one attached hydrogen (secondary N) is 1. The van der Waals surface area contributed by atoms with E-state index in [1.165, 1.54) is 11.1 Å². The van der Waals surface area contributed by atoms with E-state index < -0.39 is 0 Å². The van der Waals surface area contributed by atoms with Crippen LogP contribution < -0.4 is 11.3 Å². The average Bonchev–Trinajstić information content (AvgIpc) is 2.87. The Morgan fingerprint density at radius 2 is 2.12 bits per heavy atom. The molecule has 2 aromatic rings. The Hall–Kier alpha value is -1.88. The minimum atomic E-state index is 0.277. The highest BCUT2D eigenvalue weighted by atomic mass is 16.5. The Morgan fingerprint density at radius 1 is 1.29 bits per heavy atom. The zero-order chi connectivity index (χ0) is 11.7. The molecule has 3 rings (SSSR count). The van der Waals surface area contributed by atoms with Crippen molar-refractivity contribution in [2.75, 3.05) is 5.43 Å². The maximum Gasteiger partial charge on any atom is 0.335 e. The van der Waals surface area contributed by atoms with Crippen LogP contribution in [-0.2, 0) is 12.8 Å². The lowest BCUT2D eigenvalue weighted by Crippen LogP contribution is -2.14. The van der Waals surface area contributed by atoms with E-state index >= 15 is 0 Å². The van der Waals surface area contributed by atoms with E-state index in [1.807, 2.05) is 0 Å². The van der Waals surface area contributed by atoms with Gasteiger partial charge in [0.05, 0.1) is 0 Å². The number of hydrogen-bond acceptors (Lipinski definition) is 5. The van der Waals surface area contributed by atoms with Gasteiger partial charge in [-0.1, -0.05) is 29.4 Å². The number of nitrogens with two attached hydrogens (primary N) is 1. The van der Waals surface area contributed by atoms with E-state index in [0.29, 0.717) is 5.92 Å². The van der Waals surface area contributed by atoms with Crippen LogP contribution in [0.1, 0.15) is 29.3 Å². The molecule has 1 aliphatic rings. The molecule has 0 saturated carbocycles. The fourth-order valence-electron chi connectivity index (χ4n) is 2.38. The molecule has 0 amide bonds. The number of hydrogen-bond donors (Lipinski definition) is 2. The lowest BCUT2D eigenvalue weighted by atomic mass is 9.83. The molecular formula is C12H14N4O. The van der Waals surface area contributed by atoms with Gasteiger partial charge in [0.25, 0.3) is 0 Å². The predicted octanol–water partition coefficient (Wildman–Crippen LogP) is 1.63. The summed E-state index contributed by atoms with van der Waals surface area (Å²) < 4.78 is 4.96. The van der Waals surface area contributed by atoms with E-state index in [2.05, 4.69) is 39.8 Å². The highest BCUT2D eigenvalue weighted by Gasteiger charge is 2.23. The molecule has 1 heterocycles. The lowest BCUT2D eigenvalue weighted by Gasteiger charge is -2.21. The molecule has 0 spiro atoms. The summed E-state index contributed by atoms with van der Waals surface area (Å²) in [6, 6.07) is 8.80. The average molecular weight is 230 g/mol. The number of nitrogen functional groups attached to an aromatic ring is 1. The molecule has 1 unspecified atom stereocenters. The Labute approximate surface area is 99.0 Å². The Balaban J connectivity index is 1.84. The highest BCUT2D eigenvalue weighted by molar-refractivity contribution is 5.31. The summed E-state index contributed by atoms with van der Waals surface area (Å²) in [7, 11) is 0. The minimum absolute atomic E-state index is 0.277. The summed E-state index contributed by atoms with van der Waals surface area (Å²) in [6.07, 6.45) is 3.10. The molecule has 0 saturated heterocycles. The van der Waals surface area contributed by atoms with E-state index in [9.17, 15) is 0 Å². The van der Waals surface area contributed by atoms with Crippen LogP contribution in [0.5, 0.6) is 0 Å². The first-order valence-corrected chi connectivity index (χ1v) is 5.74. The van der Waals surface area contributed by atoms with Gasteiger partial charge in [-0.25, -0.2) is 5.84 Å². The SMILES string of the molecule is NNc1nc(C2CCc3ccccc3C2)no1. The fraction of sp³-hybridized carbons (Fsp3) is 0.333. The number of benzene rings is 1. The van der Waals surface area contributed by atoms with Gasteiger partial charge >= 0.3 is 6.01 Å². The van der Waals surface area contributed by atoms with Crippen LogP contribution in [0.3, 0.4) is 0 Å². The number of rotatable bonds is 2. The predicted molar refractivity (Wildman–Crippen MR) is 63.3 cm³/mol. The van der Waals surface area contributed by atoms with Gasteiger partial charge in [0.1, 0.15) is 0 Å². The van der Waals surface area contributed by atoms with Crippen molar-refractivity contribution in [3.63, 3.8) is 0 Å². The van der Waals surface area contributed by atoms with Crippen LogP contribution in [-0.4, -0.2) is 10.1 Å². The van der Waals surface area contributed by atoms with Gasteiger partial charge in [0.15, 0.2) is 5.82 Å². The van der Waals surface area contributed by atoms with Crippen molar-refractivity contribution in [3.8, 4) is 0 Å². The first-order chi connectivity index (χ1) is 8.36. The number of anilines is 1. The second-order valence-electron chi connectivity index (χ2n) is 4.31. The molecule has 17 heavy (non-hydrogen) atoms. The smallest absolute Gasteiger partial charge is 0.314 e. The van der Waals surface area contributed by atoms with Crippen molar-refractivity contribution in [2.45, 2.75) is 25.2 Å². The number of fused-ring (bicyclic) bond motifs is 1. The topological polar surface area (TPSA) is 77.0 Å². The zero-order valence-corrected chi connectivity index (χ0v) is 9.39. The molecule has 3 N–H and O–H groups in total. The van der Waals surface area contributed by atoms with Gasteiger partial charge in [-0.05, 0) is 30.4 Å². The van der Waals surface area contributed by atoms with Crippen molar-refractivity contribution in [2.24, 2.45) is 5.84 Å². The number of hydrazine groups is 1. The van der Waals surface area contributed by atoms with Gasteiger partial charge in [-0.2, -0.15) is 4.98 Å². The molecule has 1 aromatic carbocycles. The third kappa shape index (κ3) is 1.89. The quantitative estimate of drug-likeness (QED) is 0.605. The van der Waals surface area contributed by atoms with Crippen LogP contribution in [0.4, 0.5) is 6.01 Å². The summed E-state index contributed by atoms with van der Waals surface area (Å²) in [6.45, 7) is 0. The van der Waals surface area contributed by atoms with Gasteiger partial charge in [-0.3, -0.25) is 5.43 Å². The second-order valence-corrected chi connectivity index (χ2v) is 4.31. The molecule has 0 fully saturated rings. The van der Waals surface area contributed by atoms with Crippen LogP contribution >= 0.6 is 0 Å². The normalized spacial score (nSPS) is 18.8. The van der Waals surface area contributed by atoms with Gasteiger partial charge in [-0.15, -0.1) is 0 Å². The standard InChI is InChI=1S/C12H14N4O/c13-15-12-14-11(16-17-12)10-6-5-8-3-1-2-4-9(8)7-10/h1-4,10H,5-7,13H2,(H,14,15,16). The maximum absolute atomic E-state index is 5.22. The van der Waals surface area contributed by atoms with Crippen LogP contribution in [0.2, 0.25) is 0 Å². The Bertz CT molecular complexity index is 523. The largest absolute Gasteiger partial charge is 0.335 e. The molecule has 0 radical (unpaired) electrons. The summed E-state index contributed by atoms with van der Waals surface area (Å²) in [5, 5.41) is 3.96. The van der Waals surface area contributed by atoms with Crippen molar-refractivity contribution in [1.82, 2.24) is 10.1 Å². The molecule has 5 nitrogen and oxygen atoms in total. The highest BCUT2D eigenvalue weighted by Crippen LogP contribution is 2.31. The molecular weight excluding hydrogens is 216 g/mol. The van der Waals surface area contributed by atoms with Crippen LogP contribution in [0, 0.1) is 0 Å². The molecule has 0 bridgehead atoms. The van der Waals surface area contributed by atoms with Crippen LogP contribution in [0.25, 0.3) is 0 Å². The maximum atomic E-state index is 5.22. The van der Waals surface area contributed by atoms with Crippen molar-refractivity contribution in [1.29, 1.82) is 0 Å². The Morgan fingerprint density at radius 3 is 2.88 bits per heavy atom. The summed E-state index contributed by atoms with van der Waals surface area (Å²) >= 11 is 0. The number of nitrogens with zero attached hydrogens (tertiary/aromatic N) is 2. The third-order valence-corrected chi connectivity index (χ3v) is 3.28. The monoisotopic (exact) mass is 230 g/mol. The van der Waals surface area contributed by atoms with Gasteiger partial charge < -0.3 is 4.52 Å². The molecule has 88 valence electrons. The van der Waals surface area contributed by atoms with Gasteiger partial charge in [0.2, 0.25) is 0 Å². The molecule has 1 atom stereocenters. The fourth-order valence-corrected chi connectivity index (χ4v) is 2.38. The van der Waals surface area contributed by atoms with E-state index in [4.69, 9.17) is 10.4 Å². The summed E-state index contributed by atoms with van der Waals surface area (Å²) in [5.74, 6) is 6.30. The number of aryl methyl sites for hydroxylation is 1. The molecule has 1 aliphatic carbocycles. The third-order valence-electron chi connectivity index (χ3n) is 3.28. The van der Waals surface area contributed by atoms with E-state index in [1.54, 1.807) is 0 Å². The van der Waals surface area contributed by atoms with E-state index in [0.717, 1.165) is 25.1 Å². The van der Waals surface area contributed by atoms with Crippen molar-refractivity contribution < 1.29 is 4.52 Å². The summed E-state index contributed by atoms with van der Waals surface area (Å²) in [4.78, 5) is 4.21. The number of aromatic nitrogens is 2. The van der Waals surface area contributed by atoms with Crippen molar-refractivity contribution >= 4 is 6.01 Å². The molecule has 1 aromatic heterocycles. The van der Waals surface area contributed by atoms with E-state index in [-0.39, 0.29) is 6.01 Å². The Kier molecular flexibility index (Phi) is 2.53. The van der Waals surface area contributed by atoms with Crippen molar-refractivity contribution in [3.05, 3.63) is 41.2 Å². The zero-order valence-electron chi connectivity index (χ0n) is 9.39. The minimum Gasteiger partial charge on any atom is -0.314 e. The first kappa shape index (κ1) is 10.3.